The molecule has 1 saturated heterocycles. The van der Waals surface area contributed by atoms with Crippen LogP contribution in [-0.4, -0.2) is 23.2 Å². The van der Waals surface area contributed by atoms with Crippen LogP contribution in [0.2, 0.25) is 0 Å². The normalized spacial score (nSPS) is 25.7. The summed E-state index contributed by atoms with van der Waals surface area (Å²) in [5.41, 5.74) is 5.11. The number of hydrogen-bond donors (Lipinski definition) is 1. The summed E-state index contributed by atoms with van der Waals surface area (Å²) in [5, 5.41) is 1.71. The number of carbonyl (C=O) groups excluding carboxylic acids is 1. The van der Waals surface area contributed by atoms with E-state index in [4.69, 9.17) is 10.6 Å². The van der Waals surface area contributed by atoms with Gasteiger partial charge in [-0.15, -0.1) is 5.06 Å². The molecular formula is C10H20N2O2. The third kappa shape index (κ3) is 2.61. The van der Waals surface area contributed by atoms with Crippen molar-refractivity contribution in [2.45, 2.75) is 46.1 Å². The zero-order valence-corrected chi connectivity index (χ0v) is 9.46. The fraction of sp³-hybridized carbons (Fsp3) is 0.900. The molecule has 1 aliphatic heterocycles. The second-order valence-corrected chi connectivity index (χ2v) is 5.42. The summed E-state index contributed by atoms with van der Waals surface area (Å²) in [6.45, 7) is 9.19. The maximum atomic E-state index is 10.7. The number of nitrogens with zero attached hydrogens (tertiary/aromatic N) is 1. The molecule has 0 aromatic rings. The van der Waals surface area contributed by atoms with E-state index in [-0.39, 0.29) is 11.0 Å². The predicted octanol–water partition coefficient (Wildman–Crippen LogP) is 1.90. The number of hydroxylamine groups is 2. The molecular weight excluding hydrogens is 180 g/mol. The van der Waals surface area contributed by atoms with Gasteiger partial charge in [0.15, 0.2) is 0 Å². The fourth-order valence-electron chi connectivity index (χ4n) is 1.72. The van der Waals surface area contributed by atoms with Crippen LogP contribution < -0.4 is 5.73 Å². The highest BCUT2D eigenvalue weighted by Crippen LogP contribution is 2.37. The van der Waals surface area contributed by atoms with Crippen molar-refractivity contribution >= 4 is 6.09 Å². The number of primary amides is 1. The van der Waals surface area contributed by atoms with E-state index in [2.05, 4.69) is 27.7 Å². The number of hydrogen-bond acceptors (Lipinski definition) is 3. The Hall–Kier alpha value is -0.770. The molecule has 82 valence electrons. The van der Waals surface area contributed by atoms with Crippen LogP contribution in [0.1, 0.15) is 40.5 Å². The van der Waals surface area contributed by atoms with Crippen LogP contribution in [0.15, 0.2) is 0 Å². The number of piperidine rings is 1. The Morgan fingerprint density at radius 3 is 2.36 bits per heavy atom. The van der Waals surface area contributed by atoms with Gasteiger partial charge in [-0.1, -0.05) is 13.8 Å². The fourth-order valence-corrected chi connectivity index (χ4v) is 1.72. The highest BCUT2D eigenvalue weighted by Gasteiger charge is 2.40. The lowest BCUT2D eigenvalue weighted by Gasteiger charge is -2.46. The molecule has 0 bridgehead atoms. The molecule has 14 heavy (non-hydrogen) atoms. The molecule has 0 spiro atoms. The zero-order valence-electron chi connectivity index (χ0n) is 9.46. The molecule has 0 aromatic heterocycles. The first kappa shape index (κ1) is 11.3. The summed E-state index contributed by atoms with van der Waals surface area (Å²) in [5.74, 6) is 0. The lowest BCUT2D eigenvalue weighted by Crippen LogP contribution is -2.54. The molecule has 4 nitrogen and oxygen atoms in total. The Morgan fingerprint density at radius 1 is 1.29 bits per heavy atom. The van der Waals surface area contributed by atoms with E-state index in [1.807, 2.05) is 0 Å². The maximum absolute atomic E-state index is 10.7. The Labute approximate surface area is 85.3 Å². The van der Waals surface area contributed by atoms with E-state index >= 15 is 0 Å². The summed E-state index contributed by atoms with van der Waals surface area (Å²) >= 11 is 0. The van der Waals surface area contributed by atoms with Crippen molar-refractivity contribution in [3.8, 4) is 0 Å². The maximum Gasteiger partial charge on any atom is 0.423 e. The van der Waals surface area contributed by atoms with Gasteiger partial charge in [0.1, 0.15) is 0 Å². The van der Waals surface area contributed by atoms with Crippen molar-refractivity contribution in [2.24, 2.45) is 11.1 Å². The van der Waals surface area contributed by atoms with E-state index in [1.165, 1.54) is 0 Å². The molecule has 0 aliphatic carbocycles. The number of nitrogens with two attached hydrogens (primary N) is 1. The van der Waals surface area contributed by atoms with E-state index in [9.17, 15) is 4.79 Å². The molecule has 0 atom stereocenters. The first-order chi connectivity index (χ1) is 6.23. The van der Waals surface area contributed by atoms with Crippen LogP contribution in [-0.2, 0) is 4.84 Å². The van der Waals surface area contributed by atoms with Crippen molar-refractivity contribution in [1.82, 2.24) is 5.06 Å². The zero-order chi connectivity index (χ0) is 11.0. The first-order valence-corrected chi connectivity index (χ1v) is 4.98. The lowest BCUT2D eigenvalue weighted by molar-refractivity contribution is -0.199. The van der Waals surface area contributed by atoms with Crippen LogP contribution in [0.3, 0.4) is 0 Å². The van der Waals surface area contributed by atoms with Crippen molar-refractivity contribution < 1.29 is 9.63 Å². The molecule has 1 fully saturated rings. The van der Waals surface area contributed by atoms with Gasteiger partial charge in [-0.3, -0.25) is 0 Å². The molecule has 1 aliphatic rings. The van der Waals surface area contributed by atoms with Crippen LogP contribution in [0.25, 0.3) is 0 Å². The van der Waals surface area contributed by atoms with E-state index in [0.717, 1.165) is 19.4 Å². The van der Waals surface area contributed by atoms with Crippen molar-refractivity contribution in [1.29, 1.82) is 0 Å². The van der Waals surface area contributed by atoms with Gasteiger partial charge in [-0.25, -0.2) is 4.79 Å². The standard InChI is InChI=1S/C10H20N2O2/c1-9(2)5-6-10(3,4)12(7-9)14-8(11)13/h5-7H2,1-4H3,(H2,11,13). The van der Waals surface area contributed by atoms with E-state index in [0.29, 0.717) is 0 Å². The summed E-state index contributed by atoms with van der Waals surface area (Å²) in [6, 6.07) is 0. The topological polar surface area (TPSA) is 55.6 Å². The Balaban J connectivity index is 2.71. The molecule has 1 heterocycles. The molecule has 0 aromatic carbocycles. The summed E-state index contributed by atoms with van der Waals surface area (Å²) in [4.78, 5) is 15.7. The van der Waals surface area contributed by atoms with Gasteiger partial charge in [0.25, 0.3) is 0 Å². The van der Waals surface area contributed by atoms with E-state index < -0.39 is 6.09 Å². The van der Waals surface area contributed by atoms with Crippen molar-refractivity contribution in [3.63, 3.8) is 0 Å². The Morgan fingerprint density at radius 2 is 1.86 bits per heavy atom. The van der Waals surface area contributed by atoms with Crippen LogP contribution in [0.4, 0.5) is 4.79 Å². The number of carbonyl (C=O) groups is 1. The highest BCUT2D eigenvalue weighted by molar-refractivity contribution is 5.64. The second-order valence-electron chi connectivity index (χ2n) is 5.42. The summed E-state index contributed by atoms with van der Waals surface area (Å²) < 4.78 is 0. The smallest absolute Gasteiger partial charge is 0.351 e. The van der Waals surface area contributed by atoms with Gasteiger partial charge >= 0.3 is 6.09 Å². The average molecular weight is 200 g/mol. The van der Waals surface area contributed by atoms with Gasteiger partial charge in [-0.05, 0) is 32.1 Å². The van der Waals surface area contributed by atoms with Gasteiger partial charge in [-0.2, -0.15) is 0 Å². The monoisotopic (exact) mass is 200 g/mol. The minimum atomic E-state index is -0.726. The third-order valence-corrected chi connectivity index (χ3v) is 2.86. The van der Waals surface area contributed by atoms with Crippen LogP contribution >= 0.6 is 0 Å². The SMILES string of the molecule is CC1(C)CCC(C)(C)N(OC(N)=O)C1. The van der Waals surface area contributed by atoms with Crippen LogP contribution in [0, 0.1) is 5.41 Å². The highest BCUT2D eigenvalue weighted by atomic mass is 16.7. The Bertz CT molecular complexity index is 236. The van der Waals surface area contributed by atoms with Gasteiger partial charge < -0.3 is 10.6 Å². The van der Waals surface area contributed by atoms with Crippen molar-refractivity contribution in [2.75, 3.05) is 6.54 Å². The van der Waals surface area contributed by atoms with Gasteiger partial charge in [0, 0.05) is 6.54 Å². The molecule has 0 unspecified atom stereocenters. The minimum absolute atomic E-state index is 0.107. The summed E-state index contributed by atoms with van der Waals surface area (Å²) in [7, 11) is 0. The summed E-state index contributed by atoms with van der Waals surface area (Å²) in [6.07, 6.45) is 1.42. The predicted molar refractivity (Wildman–Crippen MR) is 54.5 cm³/mol. The Kier molecular flexibility index (Phi) is 2.76. The van der Waals surface area contributed by atoms with Gasteiger partial charge in [0.05, 0.1) is 5.54 Å². The lowest BCUT2D eigenvalue weighted by atomic mass is 9.78. The largest absolute Gasteiger partial charge is 0.423 e. The number of amides is 1. The molecule has 1 rings (SSSR count). The second kappa shape index (κ2) is 3.42. The molecule has 4 heteroatoms. The van der Waals surface area contributed by atoms with Gasteiger partial charge in [0.2, 0.25) is 0 Å². The van der Waals surface area contributed by atoms with Crippen LogP contribution in [0.5, 0.6) is 0 Å². The third-order valence-electron chi connectivity index (χ3n) is 2.86. The quantitative estimate of drug-likeness (QED) is 0.703. The molecule has 1 amide bonds. The van der Waals surface area contributed by atoms with Crippen molar-refractivity contribution in [3.05, 3.63) is 0 Å². The molecule has 0 radical (unpaired) electrons. The average Bonchev–Trinajstić information content (AvgIpc) is 1.97. The van der Waals surface area contributed by atoms with E-state index in [1.54, 1.807) is 5.06 Å². The minimum Gasteiger partial charge on any atom is -0.351 e. The molecule has 2 N–H and O–H groups in total. The molecule has 0 saturated carbocycles. The number of rotatable bonds is 1. The first-order valence-electron chi connectivity index (χ1n) is 4.98.